The Bertz CT molecular complexity index is 1190. The highest BCUT2D eigenvalue weighted by atomic mass is 17.5. The van der Waals surface area contributed by atoms with Gasteiger partial charge in [0.25, 0.3) is 0 Å². The monoisotopic (exact) mass is 611 g/mol. The van der Waals surface area contributed by atoms with Crippen LogP contribution >= 0.6 is 0 Å². The maximum Gasteiger partial charge on any atom is 0.343 e. The van der Waals surface area contributed by atoms with E-state index in [1.54, 1.807) is 24.3 Å². The van der Waals surface area contributed by atoms with Crippen molar-refractivity contribution < 1.29 is 29.2 Å². The minimum Gasteiger partial charge on any atom is -0.487 e. The van der Waals surface area contributed by atoms with Crippen LogP contribution in [0.2, 0.25) is 0 Å². The molecule has 3 atom stereocenters. The van der Waals surface area contributed by atoms with Crippen molar-refractivity contribution in [1.29, 1.82) is 0 Å². The number of ether oxygens (including phenoxy) is 2. The summed E-state index contributed by atoms with van der Waals surface area (Å²) in [7, 11) is 0. The zero-order chi connectivity index (χ0) is 32.3. The molecule has 0 spiro atoms. The van der Waals surface area contributed by atoms with E-state index in [1.165, 1.54) is 51.4 Å². The summed E-state index contributed by atoms with van der Waals surface area (Å²) in [6.45, 7) is 18.0. The van der Waals surface area contributed by atoms with Crippen LogP contribution in [0.3, 0.4) is 0 Å². The first-order chi connectivity index (χ1) is 20.9. The van der Waals surface area contributed by atoms with Crippen molar-refractivity contribution in [2.24, 2.45) is 23.7 Å². The maximum atomic E-state index is 13.1. The second-order valence-electron chi connectivity index (χ2n) is 13.9. The number of hydrogen-bond acceptors (Lipinski definition) is 7. The Balaban J connectivity index is 1.53. The molecule has 0 fully saturated rings. The van der Waals surface area contributed by atoms with E-state index in [-0.39, 0.29) is 12.2 Å². The molecule has 44 heavy (non-hydrogen) atoms. The molecule has 3 unspecified atom stereocenters. The number of carbonyl (C=O) groups excluding carboxylic acids is 1. The van der Waals surface area contributed by atoms with Crippen molar-refractivity contribution in [3.63, 3.8) is 0 Å². The molecule has 2 N–H and O–H groups in total. The molecular formula is C37H57NO6. The lowest BCUT2D eigenvalue weighted by Gasteiger charge is -2.38. The molecule has 2 aromatic rings. The molecule has 3 rings (SSSR count). The maximum absolute atomic E-state index is 13.1. The van der Waals surface area contributed by atoms with Gasteiger partial charge in [-0.15, -0.1) is 4.99 Å². The van der Waals surface area contributed by atoms with Gasteiger partial charge in [0.2, 0.25) is 0 Å². The Kier molecular flexibility index (Phi) is 14.2. The first-order valence-corrected chi connectivity index (χ1v) is 16.7. The van der Waals surface area contributed by atoms with E-state index in [9.17, 15) is 4.79 Å². The average Bonchev–Trinajstić information content (AvgIpc) is 2.98. The third-order valence-corrected chi connectivity index (χ3v) is 9.54. The van der Waals surface area contributed by atoms with E-state index in [1.807, 2.05) is 13.8 Å². The summed E-state index contributed by atoms with van der Waals surface area (Å²) >= 11 is 0. The summed E-state index contributed by atoms with van der Waals surface area (Å²) in [5.41, 5.74) is 5.19. The zero-order valence-electron chi connectivity index (χ0n) is 28.6. The van der Waals surface area contributed by atoms with Crippen LogP contribution in [-0.4, -0.2) is 11.6 Å². The van der Waals surface area contributed by atoms with Crippen LogP contribution < -0.4 is 15.4 Å². The highest BCUT2D eigenvalue weighted by Crippen LogP contribution is 2.45. The summed E-state index contributed by atoms with van der Waals surface area (Å²) in [5.74, 6) is 8.39. The van der Waals surface area contributed by atoms with Crippen LogP contribution in [-0.2, 0) is 27.9 Å². The Morgan fingerprint density at radius 1 is 0.886 bits per heavy atom. The fourth-order valence-electron chi connectivity index (χ4n) is 6.42. The number of carbonyl (C=O) groups is 1. The van der Waals surface area contributed by atoms with Crippen LogP contribution in [0, 0.1) is 38.5 Å². The minimum atomic E-state index is -0.402. The Hall–Kier alpha value is -2.45. The smallest absolute Gasteiger partial charge is 0.343 e. The molecule has 7 heteroatoms. The zero-order valence-corrected chi connectivity index (χ0v) is 28.6. The molecule has 0 aromatic heterocycles. The highest BCUT2D eigenvalue weighted by Gasteiger charge is 2.35. The molecule has 7 nitrogen and oxygen atoms in total. The predicted molar refractivity (Wildman–Crippen MR) is 175 cm³/mol. The first-order valence-electron chi connectivity index (χ1n) is 16.7. The number of hydrogen-bond donors (Lipinski definition) is 1. The molecule has 0 saturated carbocycles. The van der Waals surface area contributed by atoms with Gasteiger partial charge in [0.05, 0.1) is 5.56 Å². The van der Waals surface area contributed by atoms with Crippen LogP contribution in [0.15, 0.2) is 24.3 Å². The first kappa shape index (κ1) is 36.0. The minimum absolute atomic E-state index is 0.130. The van der Waals surface area contributed by atoms with E-state index >= 15 is 0 Å². The average molecular weight is 612 g/mol. The third kappa shape index (κ3) is 10.6. The molecule has 1 aliphatic heterocycles. The molecule has 0 amide bonds. The lowest BCUT2D eigenvalue weighted by atomic mass is 9.83. The van der Waals surface area contributed by atoms with E-state index < -0.39 is 5.97 Å². The number of nitrogens with two attached hydrogens (primary N) is 1. The number of benzene rings is 2. The molecule has 0 bridgehead atoms. The van der Waals surface area contributed by atoms with E-state index in [0.717, 1.165) is 70.6 Å². The summed E-state index contributed by atoms with van der Waals surface area (Å²) < 4.78 is 12.8. The van der Waals surface area contributed by atoms with Crippen molar-refractivity contribution in [3.8, 4) is 11.5 Å². The standard InChI is InChI=1S/C37H57NO6/c1-25(2)12-9-13-26(3)14-10-15-27(4)16-11-22-37(8)23-21-33-30(7)34(28(5)29(6)35(33)42-37)41-36(39)32-19-17-31(18-20-32)24-40-44-43-38/h17-20,25-27H,9-16,21-24,38H2,1-8H3. The van der Waals surface area contributed by atoms with Crippen molar-refractivity contribution >= 4 is 5.97 Å². The van der Waals surface area contributed by atoms with Gasteiger partial charge < -0.3 is 9.47 Å². The van der Waals surface area contributed by atoms with Crippen LogP contribution in [0.5, 0.6) is 11.5 Å². The quantitative estimate of drug-likeness (QED) is 0.0590. The summed E-state index contributed by atoms with van der Waals surface area (Å²) in [6, 6.07) is 6.93. The fraction of sp³-hybridized carbons (Fsp3) is 0.649. The van der Waals surface area contributed by atoms with Crippen molar-refractivity contribution in [1.82, 2.24) is 0 Å². The van der Waals surface area contributed by atoms with E-state index in [2.05, 4.69) is 51.6 Å². The number of fused-ring (bicyclic) bond motifs is 1. The van der Waals surface area contributed by atoms with Crippen LogP contribution in [0.1, 0.15) is 137 Å². The van der Waals surface area contributed by atoms with Gasteiger partial charge in [0, 0.05) is 5.56 Å². The van der Waals surface area contributed by atoms with Gasteiger partial charge in [-0.1, -0.05) is 84.8 Å². The van der Waals surface area contributed by atoms with Crippen LogP contribution in [0.25, 0.3) is 0 Å². The van der Waals surface area contributed by atoms with Gasteiger partial charge in [-0.25, -0.2) is 4.79 Å². The van der Waals surface area contributed by atoms with Gasteiger partial charge in [0.15, 0.2) is 0 Å². The molecule has 2 aromatic carbocycles. The van der Waals surface area contributed by atoms with Crippen LogP contribution in [0.4, 0.5) is 0 Å². The SMILES string of the molecule is Cc1c(C)c2c(c(C)c1OC(=O)c1ccc(COOON)cc1)CCC(C)(CCCC(C)CCCC(C)CCCC(C)C)O2. The highest BCUT2D eigenvalue weighted by molar-refractivity contribution is 5.91. The van der Waals surface area contributed by atoms with Crippen molar-refractivity contribution in [3.05, 3.63) is 57.6 Å². The summed E-state index contributed by atoms with van der Waals surface area (Å²) in [6.07, 6.45) is 13.5. The molecule has 1 aliphatic rings. The largest absolute Gasteiger partial charge is 0.487 e. The molecule has 1 heterocycles. The van der Waals surface area contributed by atoms with Crippen molar-refractivity contribution in [2.75, 3.05) is 0 Å². The lowest BCUT2D eigenvalue weighted by Crippen LogP contribution is -2.37. The molecule has 0 radical (unpaired) electrons. The molecule has 0 saturated heterocycles. The molecule has 246 valence electrons. The Morgan fingerprint density at radius 2 is 1.50 bits per heavy atom. The summed E-state index contributed by atoms with van der Waals surface area (Å²) in [4.78, 5) is 21.8. The Labute approximate surface area is 265 Å². The fourth-order valence-corrected chi connectivity index (χ4v) is 6.42. The topological polar surface area (TPSA) is 89.2 Å². The van der Waals surface area contributed by atoms with E-state index in [4.69, 9.17) is 20.3 Å². The molecule has 0 aliphatic carbocycles. The van der Waals surface area contributed by atoms with E-state index in [0.29, 0.717) is 11.3 Å². The van der Waals surface area contributed by atoms with Gasteiger partial charge >= 0.3 is 5.97 Å². The normalized spacial score (nSPS) is 17.7. The van der Waals surface area contributed by atoms with Crippen molar-refractivity contribution in [2.45, 2.75) is 138 Å². The van der Waals surface area contributed by atoms with Gasteiger partial charge in [-0.05, 0) is 111 Å². The Morgan fingerprint density at radius 3 is 2.11 bits per heavy atom. The molecular weight excluding hydrogens is 554 g/mol. The second-order valence-corrected chi connectivity index (χ2v) is 13.9. The van der Waals surface area contributed by atoms with Gasteiger partial charge in [-0.3, -0.25) is 0 Å². The predicted octanol–water partition coefficient (Wildman–Crippen LogP) is 9.61. The number of esters is 1. The summed E-state index contributed by atoms with van der Waals surface area (Å²) in [5, 5.41) is 4.23. The van der Waals surface area contributed by atoms with Gasteiger partial charge in [-0.2, -0.15) is 10.8 Å². The third-order valence-electron chi connectivity index (χ3n) is 9.54. The second kappa shape index (κ2) is 17.3. The lowest BCUT2D eigenvalue weighted by molar-refractivity contribution is -0.521. The van der Waals surface area contributed by atoms with Gasteiger partial charge in [0.1, 0.15) is 23.7 Å². The number of rotatable bonds is 18.